The Labute approximate surface area is 89.9 Å². The molecule has 2 nitrogen and oxygen atoms in total. The monoisotopic (exact) mass is 208 g/mol. The smallest absolute Gasteiger partial charge is 0.125 e. The number of hydrogen-bond acceptors (Lipinski definition) is 2. The Morgan fingerprint density at radius 1 is 1.47 bits per heavy atom. The third kappa shape index (κ3) is 2.29. The van der Waals surface area contributed by atoms with E-state index in [1.165, 1.54) is 12.5 Å². The fraction of sp³-hybridized carbons (Fsp3) is 0.500. The Morgan fingerprint density at radius 2 is 2.27 bits per heavy atom. The molecular weight excluding hydrogens is 191 g/mol. The fourth-order valence-corrected chi connectivity index (χ4v) is 2.10. The van der Waals surface area contributed by atoms with Gasteiger partial charge in [-0.05, 0) is 36.1 Å². The summed E-state index contributed by atoms with van der Waals surface area (Å²) in [6, 6.07) is 5.08. The number of halogens is 1. The molecule has 3 heteroatoms. The van der Waals surface area contributed by atoms with Gasteiger partial charge < -0.3 is 10.6 Å². The van der Waals surface area contributed by atoms with Crippen LogP contribution in [0.15, 0.2) is 18.2 Å². The van der Waals surface area contributed by atoms with Crippen molar-refractivity contribution < 1.29 is 4.39 Å². The SMILES string of the molecule is CC1CCN(c2cc(F)cc(CN)c2)C1. The Kier molecular flexibility index (Phi) is 2.91. The molecule has 1 saturated heterocycles. The quantitative estimate of drug-likeness (QED) is 0.806. The van der Waals surface area contributed by atoms with Gasteiger partial charge in [-0.15, -0.1) is 0 Å². The maximum atomic E-state index is 13.3. The van der Waals surface area contributed by atoms with Crippen LogP contribution in [0.25, 0.3) is 0 Å². The van der Waals surface area contributed by atoms with Crippen LogP contribution in [0.3, 0.4) is 0 Å². The molecule has 0 aromatic heterocycles. The second-order valence-electron chi connectivity index (χ2n) is 4.36. The molecule has 2 rings (SSSR count). The summed E-state index contributed by atoms with van der Waals surface area (Å²) in [4.78, 5) is 2.23. The molecule has 1 heterocycles. The van der Waals surface area contributed by atoms with Crippen LogP contribution in [0, 0.1) is 11.7 Å². The number of nitrogens with two attached hydrogens (primary N) is 1. The molecule has 0 bridgehead atoms. The standard InChI is InChI=1S/C12H17FN2/c1-9-2-3-15(8-9)12-5-10(7-14)4-11(13)6-12/h4-6,9H,2-3,7-8,14H2,1H3. The van der Waals surface area contributed by atoms with Crippen molar-refractivity contribution in [1.29, 1.82) is 0 Å². The molecule has 0 spiro atoms. The third-order valence-corrected chi connectivity index (χ3v) is 2.97. The summed E-state index contributed by atoms with van der Waals surface area (Å²) in [5.74, 6) is 0.516. The highest BCUT2D eigenvalue weighted by molar-refractivity contribution is 5.50. The third-order valence-electron chi connectivity index (χ3n) is 2.97. The van der Waals surface area contributed by atoms with E-state index in [4.69, 9.17) is 5.73 Å². The molecule has 82 valence electrons. The van der Waals surface area contributed by atoms with Gasteiger partial charge in [-0.1, -0.05) is 6.92 Å². The van der Waals surface area contributed by atoms with Crippen molar-refractivity contribution in [3.8, 4) is 0 Å². The summed E-state index contributed by atoms with van der Waals surface area (Å²) in [5, 5.41) is 0. The largest absolute Gasteiger partial charge is 0.371 e. The van der Waals surface area contributed by atoms with Gasteiger partial charge in [0.15, 0.2) is 0 Å². The molecule has 0 radical (unpaired) electrons. The summed E-state index contributed by atoms with van der Waals surface area (Å²) in [6.07, 6.45) is 1.19. The van der Waals surface area contributed by atoms with E-state index >= 15 is 0 Å². The van der Waals surface area contributed by atoms with Gasteiger partial charge in [-0.3, -0.25) is 0 Å². The first-order valence-corrected chi connectivity index (χ1v) is 5.43. The number of rotatable bonds is 2. The lowest BCUT2D eigenvalue weighted by Crippen LogP contribution is -2.19. The van der Waals surface area contributed by atoms with Gasteiger partial charge >= 0.3 is 0 Å². The first-order chi connectivity index (χ1) is 7.19. The van der Waals surface area contributed by atoms with Gasteiger partial charge in [0.1, 0.15) is 5.82 Å². The number of anilines is 1. The van der Waals surface area contributed by atoms with Gasteiger partial charge in [0.25, 0.3) is 0 Å². The van der Waals surface area contributed by atoms with E-state index in [2.05, 4.69) is 11.8 Å². The van der Waals surface area contributed by atoms with Gasteiger partial charge in [0, 0.05) is 25.3 Å². The molecule has 0 aliphatic carbocycles. The van der Waals surface area contributed by atoms with Crippen LogP contribution in [0.5, 0.6) is 0 Å². The van der Waals surface area contributed by atoms with E-state index in [-0.39, 0.29) is 5.82 Å². The summed E-state index contributed by atoms with van der Waals surface area (Å²) in [5.41, 5.74) is 7.37. The van der Waals surface area contributed by atoms with Crippen molar-refractivity contribution in [2.45, 2.75) is 19.9 Å². The normalized spacial score (nSPS) is 21.0. The fourth-order valence-electron chi connectivity index (χ4n) is 2.10. The molecular formula is C12H17FN2. The van der Waals surface area contributed by atoms with Crippen LogP contribution >= 0.6 is 0 Å². The zero-order valence-electron chi connectivity index (χ0n) is 9.04. The maximum absolute atomic E-state index is 13.3. The summed E-state index contributed by atoms with van der Waals surface area (Å²) < 4.78 is 13.3. The van der Waals surface area contributed by atoms with Crippen molar-refractivity contribution in [2.24, 2.45) is 11.7 Å². The Bertz CT molecular complexity index is 351. The van der Waals surface area contributed by atoms with Crippen LogP contribution in [-0.2, 0) is 6.54 Å². The van der Waals surface area contributed by atoms with E-state index < -0.39 is 0 Å². The topological polar surface area (TPSA) is 29.3 Å². The summed E-state index contributed by atoms with van der Waals surface area (Å²) in [6.45, 7) is 4.67. The molecule has 1 fully saturated rings. The molecule has 1 aromatic rings. The first kappa shape index (κ1) is 10.4. The van der Waals surface area contributed by atoms with Gasteiger partial charge in [-0.25, -0.2) is 4.39 Å². The zero-order chi connectivity index (χ0) is 10.8. The molecule has 1 atom stereocenters. The van der Waals surface area contributed by atoms with Gasteiger partial charge in [-0.2, -0.15) is 0 Å². The van der Waals surface area contributed by atoms with Crippen molar-refractivity contribution in [2.75, 3.05) is 18.0 Å². The highest BCUT2D eigenvalue weighted by Gasteiger charge is 2.19. The minimum Gasteiger partial charge on any atom is -0.371 e. The van der Waals surface area contributed by atoms with E-state index in [0.29, 0.717) is 12.5 Å². The number of hydrogen-bond donors (Lipinski definition) is 1. The van der Waals surface area contributed by atoms with Crippen LogP contribution in [0.1, 0.15) is 18.9 Å². The van der Waals surface area contributed by atoms with Crippen molar-refractivity contribution in [1.82, 2.24) is 0 Å². The molecule has 0 saturated carbocycles. The first-order valence-electron chi connectivity index (χ1n) is 5.43. The van der Waals surface area contributed by atoms with E-state index in [9.17, 15) is 4.39 Å². The predicted octanol–water partition coefficient (Wildman–Crippen LogP) is 2.13. The molecule has 2 N–H and O–H groups in total. The van der Waals surface area contributed by atoms with Crippen molar-refractivity contribution in [3.63, 3.8) is 0 Å². The van der Waals surface area contributed by atoms with E-state index in [1.54, 1.807) is 6.07 Å². The lowest BCUT2D eigenvalue weighted by Gasteiger charge is -2.19. The Balaban J connectivity index is 2.24. The maximum Gasteiger partial charge on any atom is 0.125 e. The molecule has 0 amide bonds. The van der Waals surface area contributed by atoms with Crippen molar-refractivity contribution in [3.05, 3.63) is 29.6 Å². The average Bonchev–Trinajstić information content (AvgIpc) is 2.64. The van der Waals surface area contributed by atoms with Crippen LogP contribution in [0.2, 0.25) is 0 Å². The Morgan fingerprint density at radius 3 is 2.87 bits per heavy atom. The molecule has 1 aromatic carbocycles. The number of benzene rings is 1. The highest BCUT2D eigenvalue weighted by Crippen LogP contribution is 2.25. The molecule has 1 unspecified atom stereocenters. The summed E-state index contributed by atoms with van der Waals surface area (Å²) in [7, 11) is 0. The highest BCUT2D eigenvalue weighted by atomic mass is 19.1. The van der Waals surface area contributed by atoms with Crippen LogP contribution in [-0.4, -0.2) is 13.1 Å². The average molecular weight is 208 g/mol. The van der Waals surface area contributed by atoms with E-state index in [0.717, 1.165) is 24.3 Å². The molecule has 1 aliphatic rings. The van der Waals surface area contributed by atoms with Crippen LogP contribution < -0.4 is 10.6 Å². The van der Waals surface area contributed by atoms with E-state index in [1.807, 2.05) is 6.07 Å². The lowest BCUT2D eigenvalue weighted by atomic mass is 10.1. The zero-order valence-corrected chi connectivity index (χ0v) is 9.04. The second-order valence-corrected chi connectivity index (χ2v) is 4.36. The lowest BCUT2D eigenvalue weighted by molar-refractivity contribution is 0.624. The minimum absolute atomic E-state index is 0.187. The molecule has 1 aliphatic heterocycles. The summed E-state index contributed by atoms with van der Waals surface area (Å²) >= 11 is 0. The predicted molar refractivity (Wildman–Crippen MR) is 60.3 cm³/mol. The molecule has 15 heavy (non-hydrogen) atoms. The van der Waals surface area contributed by atoms with Gasteiger partial charge in [0.05, 0.1) is 0 Å². The minimum atomic E-state index is -0.187. The van der Waals surface area contributed by atoms with Crippen molar-refractivity contribution >= 4 is 5.69 Å². The second kappa shape index (κ2) is 4.19. The van der Waals surface area contributed by atoms with Crippen LogP contribution in [0.4, 0.5) is 10.1 Å². The Hall–Kier alpha value is -1.09. The number of nitrogens with zero attached hydrogens (tertiary/aromatic N) is 1. The van der Waals surface area contributed by atoms with Gasteiger partial charge in [0.2, 0.25) is 0 Å².